The maximum Gasteiger partial charge on any atom is 0.387 e. The average Bonchev–Trinajstić information content (AvgIpc) is 2.66. The Morgan fingerprint density at radius 1 is 0.963 bits per heavy atom. The summed E-state index contributed by atoms with van der Waals surface area (Å²) < 4.78 is 33.8. The lowest BCUT2D eigenvalue weighted by atomic mass is 9.78. The molecule has 0 N–H and O–H groups in total. The maximum absolute atomic E-state index is 12.1. The molecular weight excluding hydrogens is 350 g/mol. The summed E-state index contributed by atoms with van der Waals surface area (Å²) in [7, 11) is 0. The fourth-order valence-corrected chi connectivity index (χ4v) is 3.86. The van der Waals surface area contributed by atoms with Gasteiger partial charge in [0.25, 0.3) is 0 Å². The number of carbonyl (C=O) groups excluding carboxylic acids is 1. The lowest BCUT2D eigenvalue weighted by molar-refractivity contribution is -0.134. The number of unbranched alkanes of at least 4 members (excludes halogenated alkanes) is 3. The van der Waals surface area contributed by atoms with Crippen molar-refractivity contribution in [3.05, 3.63) is 24.3 Å². The van der Waals surface area contributed by atoms with Crippen LogP contribution >= 0.6 is 0 Å². The molecular formula is C22H32F2O3. The first kappa shape index (κ1) is 21.6. The molecule has 0 amide bonds. The number of carbonyl (C=O) groups is 1. The molecule has 152 valence electrons. The number of ether oxygens (including phenoxy) is 2. The maximum atomic E-state index is 12.1. The first-order chi connectivity index (χ1) is 13.1. The molecule has 5 heteroatoms. The first-order valence-electron chi connectivity index (χ1n) is 10.3. The monoisotopic (exact) mass is 382 g/mol. The van der Waals surface area contributed by atoms with E-state index in [2.05, 4.69) is 11.7 Å². The Labute approximate surface area is 161 Å². The van der Waals surface area contributed by atoms with E-state index in [4.69, 9.17) is 4.74 Å². The highest BCUT2D eigenvalue weighted by Gasteiger charge is 2.21. The number of esters is 1. The van der Waals surface area contributed by atoms with E-state index < -0.39 is 6.61 Å². The van der Waals surface area contributed by atoms with E-state index >= 15 is 0 Å². The highest BCUT2D eigenvalue weighted by Crippen LogP contribution is 2.34. The van der Waals surface area contributed by atoms with Crippen molar-refractivity contribution in [2.24, 2.45) is 11.8 Å². The van der Waals surface area contributed by atoms with Crippen LogP contribution < -0.4 is 9.47 Å². The summed E-state index contributed by atoms with van der Waals surface area (Å²) in [6.07, 6.45) is 13.0. The second-order valence-corrected chi connectivity index (χ2v) is 7.60. The Morgan fingerprint density at radius 2 is 1.56 bits per heavy atom. The number of hydrogen-bond acceptors (Lipinski definition) is 3. The molecule has 3 nitrogen and oxygen atoms in total. The van der Waals surface area contributed by atoms with Gasteiger partial charge in [-0.3, -0.25) is 4.79 Å². The number of alkyl halides is 2. The van der Waals surface area contributed by atoms with Crippen molar-refractivity contribution in [3.63, 3.8) is 0 Å². The van der Waals surface area contributed by atoms with Crippen LogP contribution in [0.3, 0.4) is 0 Å². The van der Waals surface area contributed by atoms with Gasteiger partial charge >= 0.3 is 12.6 Å². The molecule has 1 aliphatic rings. The summed E-state index contributed by atoms with van der Waals surface area (Å²) in [4.78, 5) is 12.0. The minimum absolute atomic E-state index is 0.0521. The Hall–Kier alpha value is -1.65. The summed E-state index contributed by atoms with van der Waals surface area (Å²) >= 11 is 0. The summed E-state index contributed by atoms with van der Waals surface area (Å²) in [5.74, 6) is 1.64. The second kappa shape index (κ2) is 11.9. The van der Waals surface area contributed by atoms with Crippen LogP contribution in [0, 0.1) is 11.8 Å². The van der Waals surface area contributed by atoms with Gasteiger partial charge in [-0.1, -0.05) is 64.7 Å². The van der Waals surface area contributed by atoms with E-state index in [0.717, 1.165) is 12.3 Å². The fourth-order valence-electron chi connectivity index (χ4n) is 3.86. The quantitative estimate of drug-likeness (QED) is 0.241. The van der Waals surface area contributed by atoms with Crippen LogP contribution in [0.1, 0.15) is 77.6 Å². The second-order valence-electron chi connectivity index (χ2n) is 7.60. The van der Waals surface area contributed by atoms with E-state index in [-0.39, 0.29) is 11.7 Å². The van der Waals surface area contributed by atoms with E-state index in [9.17, 15) is 13.6 Å². The third-order valence-electron chi connectivity index (χ3n) is 5.47. The molecule has 0 bridgehead atoms. The zero-order valence-electron chi connectivity index (χ0n) is 16.3. The molecule has 1 aromatic carbocycles. The fraction of sp³-hybridized carbons (Fsp3) is 0.682. The molecule has 1 aliphatic carbocycles. The van der Waals surface area contributed by atoms with Crippen LogP contribution in [0.5, 0.6) is 11.5 Å². The van der Waals surface area contributed by atoms with Gasteiger partial charge in [0.15, 0.2) is 0 Å². The van der Waals surface area contributed by atoms with E-state index in [1.807, 2.05) is 0 Å². The van der Waals surface area contributed by atoms with Crippen molar-refractivity contribution in [1.29, 1.82) is 0 Å². The molecule has 0 aliphatic heterocycles. The number of benzene rings is 1. The molecule has 0 aromatic heterocycles. The standard InChI is InChI=1S/C22H32F2O3/c1-2-3-4-5-6-17-7-9-18(10-8-17)11-16-21(25)26-19-12-14-20(15-13-19)27-22(23)24/h12-15,17-18,22H,2-11,16H2,1H3/t17-,18-. The SMILES string of the molecule is CCCCCC[C@H]1CC[C@H](CCC(=O)Oc2ccc(OC(F)F)cc2)CC1. The smallest absolute Gasteiger partial charge is 0.387 e. The molecule has 0 unspecified atom stereocenters. The summed E-state index contributed by atoms with van der Waals surface area (Å²) in [5.41, 5.74) is 0. The van der Waals surface area contributed by atoms with Gasteiger partial charge < -0.3 is 9.47 Å². The topological polar surface area (TPSA) is 35.5 Å². The van der Waals surface area contributed by atoms with Gasteiger partial charge in [0.2, 0.25) is 0 Å². The lowest BCUT2D eigenvalue weighted by Gasteiger charge is -2.28. The number of rotatable bonds is 11. The van der Waals surface area contributed by atoms with Crippen LogP contribution in [-0.4, -0.2) is 12.6 Å². The minimum atomic E-state index is -2.86. The average molecular weight is 382 g/mol. The minimum Gasteiger partial charge on any atom is -0.435 e. The predicted octanol–water partition coefficient (Wildman–Crippen LogP) is 6.75. The zero-order chi connectivity index (χ0) is 19.5. The van der Waals surface area contributed by atoms with Crippen LogP contribution in [0.4, 0.5) is 8.78 Å². The van der Waals surface area contributed by atoms with Crippen molar-refractivity contribution in [2.75, 3.05) is 0 Å². The molecule has 0 heterocycles. The highest BCUT2D eigenvalue weighted by atomic mass is 19.3. The van der Waals surface area contributed by atoms with Crippen LogP contribution in [0.2, 0.25) is 0 Å². The number of halogens is 2. The molecule has 0 spiro atoms. The summed E-state index contributed by atoms with van der Waals surface area (Å²) in [6, 6.07) is 5.69. The Kier molecular flexibility index (Phi) is 9.57. The third-order valence-corrected chi connectivity index (χ3v) is 5.47. The molecule has 1 aromatic rings. The normalized spacial score (nSPS) is 19.9. The van der Waals surface area contributed by atoms with Gasteiger partial charge in [-0.2, -0.15) is 8.78 Å². The van der Waals surface area contributed by atoms with Gasteiger partial charge in [-0.25, -0.2) is 0 Å². The zero-order valence-corrected chi connectivity index (χ0v) is 16.3. The van der Waals surface area contributed by atoms with Gasteiger partial charge in [-0.15, -0.1) is 0 Å². The van der Waals surface area contributed by atoms with Crippen LogP contribution in [0.15, 0.2) is 24.3 Å². The van der Waals surface area contributed by atoms with Crippen molar-refractivity contribution in [1.82, 2.24) is 0 Å². The highest BCUT2D eigenvalue weighted by molar-refractivity contribution is 5.72. The lowest BCUT2D eigenvalue weighted by Crippen LogP contribution is -2.17. The Bertz CT molecular complexity index is 537. The van der Waals surface area contributed by atoms with Crippen molar-refractivity contribution in [3.8, 4) is 11.5 Å². The van der Waals surface area contributed by atoms with Crippen LogP contribution in [-0.2, 0) is 4.79 Å². The molecule has 0 radical (unpaired) electrons. The molecule has 27 heavy (non-hydrogen) atoms. The number of hydrogen-bond donors (Lipinski definition) is 0. The summed E-state index contributed by atoms with van der Waals surface area (Å²) in [6.45, 7) is -0.613. The van der Waals surface area contributed by atoms with Crippen molar-refractivity contribution < 1.29 is 23.0 Å². The van der Waals surface area contributed by atoms with E-state index in [1.54, 1.807) is 0 Å². The molecule has 1 fully saturated rings. The third kappa shape index (κ3) is 8.72. The summed E-state index contributed by atoms with van der Waals surface area (Å²) in [5, 5.41) is 0. The van der Waals surface area contributed by atoms with E-state index in [1.165, 1.54) is 82.1 Å². The van der Waals surface area contributed by atoms with Crippen LogP contribution in [0.25, 0.3) is 0 Å². The van der Waals surface area contributed by atoms with Crippen molar-refractivity contribution in [2.45, 2.75) is 84.2 Å². The Balaban J connectivity index is 1.61. The molecule has 1 saturated carbocycles. The largest absolute Gasteiger partial charge is 0.435 e. The van der Waals surface area contributed by atoms with Gasteiger partial charge in [0.1, 0.15) is 11.5 Å². The molecule has 0 atom stereocenters. The first-order valence-corrected chi connectivity index (χ1v) is 10.3. The molecule has 0 saturated heterocycles. The van der Waals surface area contributed by atoms with Gasteiger partial charge in [-0.05, 0) is 42.5 Å². The van der Waals surface area contributed by atoms with E-state index in [0.29, 0.717) is 18.1 Å². The molecule has 2 rings (SSSR count). The predicted molar refractivity (Wildman–Crippen MR) is 102 cm³/mol. The van der Waals surface area contributed by atoms with Gasteiger partial charge in [0, 0.05) is 6.42 Å². The Morgan fingerprint density at radius 3 is 2.15 bits per heavy atom. The van der Waals surface area contributed by atoms with Gasteiger partial charge in [0.05, 0.1) is 0 Å². The van der Waals surface area contributed by atoms with Crippen molar-refractivity contribution >= 4 is 5.97 Å².